The largest absolute Gasteiger partial charge is 0.375 e. The molecule has 0 aliphatic heterocycles. The number of hydrogen-bond acceptors (Lipinski definition) is 8. The first-order valence-corrected chi connectivity index (χ1v) is 12.5. The second-order valence-corrected chi connectivity index (χ2v) is 11.8. The van der Waals surface area contributed by atoms with Crippen LogP contribution in [0.25, 0.3) is 10.1 Å². The topological polar surface area (TPSA) is 97.1 Å². The molecule has 0 saturated heterocycles. The molecule has 0 aliphatic carbocycles. The van der Waals surface area contributed by atoms with Crippen LogP contribution in [0.3, 0.4) is 0 Å². The van der Waals surface area contributed by atoms with Gasteiger partial charge < -0.3 is 16.4 Å². The third kappa shape index (κ3) is 5.19. The van der Waals surface area contributed by atoms with Crippen LogP contribution in [0, 0.1) is 0 Å². The monoisotopic (exact) mass is 452 g/mol. The predicted octanol–water partition coefficient (Wildman–Crippen LogP) is 4.71. The van der Waals surface area contributed by atoms with E-state index in [0.29, 0.717) is 27.1 Å². The van der Waals surface area contributed by atoms with Gasteiger partial charge in [0.1, 0.15) is 4.88 Å². The number of carbonyl (C=O) groups is 2. The Morgan fingerprint density at radius 3 is 2.64 bits per heavy atom. The third-order valence-electron chi connectivity index (χ3n) is 3.73. The van der Waals surface area contributed by atoms with Crippen LogP contribution in [-0.2, 0) is 0 Å². The van der Waals surface area contributed by atoms with Crippen molar-refractivity contribution < 1.29 is 9.59 Å². The second-order valence-electron chi connectivity index (χ2n) is 6.57. The highest BCUT2D eigenvalue weighted by Gasteiger charge is 2.20. The summed E-state index contributed by atoms with van der Waals surface area (Å²) < 4.78 is 0.950. The first-order valence-electron chi connectivity index (χ1n) is 8.34. The van der Waals surface area contributed by atoms with Crippen molar-refractivity contribution >= 4 is 77.0 Å². The Morgan fingerprint density at radius 1 is 1.18 bits per heavy atom. The Balaban J connectivity index is 1.70. The van der Waals surface area contributed by atoms with Gasteiger partial charge in [0.05, 0.1) is 11.1 Å². The van der Waals surface area contributed by atoms with E-state index in [2.05, 4.69) is 29.5 Å². The number of thiophene rings is 1. The van der Waals surface area contributed by atoms with E-state index in [-0.39, 0.29) is 16.6 Å². The number of hydrogen-bond donors (Lipinski definition) is 3. The van der Waals surface area contributed by atoms with Crippen LogP contribution < -0.4 is 16.4 Å². The van der Waals surface area contributed by atoms with Gasteiger partial charge in [-0.15, -0.1) is 11.3 Å². The Bertz CT molecular complexity index is 1010. The lowest BCUT2D eigenvalue weighted by molar-refractivity contribution is 0.0954. The van der Waals surface area contributed by atoms with Crippen molar-refractivity contribution in [2.45, 2.75) is 18.6 Å². The van der Waals surface area contributed by atoms with E-state index in [1.54, 1.807) is 21.6 Å². The maximum absolute atomic E-state index is 12.5. The van der Waals surface area contributed by atoms with E-state index >= 15 is 0 Å². The second kappa shape index (κ2) is 8.73. The van der Waals surface area contributed by atoms with E-state index in [9.17, 15) is 9.59 Å². The van der Waals surface area contributed by atoms with Crippen molar-refractivity contribution in [3.63, 3.8) is 0 Å². The maximum atomic E-state index is 12.5. The molecule has 2 heterocycles. The van der Waals surface area contributed by atoms with Crippen LogP contribution >= 0.6 is 44.3 Å². The molecule has 4 N–H and O–H groups in total. The van der Waals surface area contributed by atoms with Gasteiger partial charge in [0.25, 0.3) is 11.8 Å². The molecule has 0 fully saturated rings. The zero-order chi connectivity index (χ0) is 20.3. The summed E-state index contributed by atoms with van der Waals surface area (Å²) in [7, 11) is 3.43. The molecule has 2 aromatic heterocycles. The molecule has 3 aromatic rings. The minimum absolute atomic E-state index is 0.0384. The Labute approximate surface area is 179 Å². The van der Waals surface area contributed by atoms with E-state index < -0.39 is 0 Å². The molecule has 0 unspecified atom stereocenters. The van der Waals surface area contributed by atoms with Gasteiger partial charge in [0.15, 0.2) is 5.13 Å². The predicted molar refractivity (Wildman–Crippen MR) is 124 cm³/mol. The van der Waals surface area contributed by atoms with Gasteiger partial charge in [-0.1, -0.05) is 32.9 Å². The van der Waals surface area contributed by atoms with Crippen molar-refractivity contribution in [2.24, 2.45) is 0 Å². The number of fused-ring (bicyclic) bond motifs is 1. The third-order valence-corrected chi connectivity index (χ3v) is 8.28. The number of amides is 2. The lowest BCUT2D eigenvalue weighted by Crippen LogP contribution is -2.35. The van der Waals surface area contributed by atoms with E-state index in [1.165, 1.54) is 17.5 Å². The molecule has 10 heteroatoms. The van der Waals surface area contributed by atoms with Crippen LogP contribution in [0.15, 0.2) is 30.5 Å². The maximum Gasteiger partial charge on any atom is 0.267 e. The van der Waals surface area contributed by atoms with Crippen molar-refractivity contribution in [3.8, 4) is 0 Å². The quantitative estimate of drug-likeness (QED) is 0.449. The number of nitrogens with two attached hydrogens (primary N) is 1. The fraction of sp³-hybridized carbons (Fsp3) is 0.278. The fourth-order valence-corrected chi connectivity index (χ4v) is 6.11. The average Bonchev–Trinajstić information content (AvgIpc) is 3.25. The average molecular weight is 453 g/mol. The van der Waals surface area contributed by atoms with E-state index in [0.717, 1.165) is 21.4 Å². The molecular formula is C18H20N4O2S4. The summed E-state index contributed by atoms with van der Waals surface area (Å²) >= 11 is 2.57. The highest BCUT2D eigenvalue weighted by atomic mass is 33.1. The molecule has 2 amide bonds. The number of nitrogen functional groups attached to an aromatic ring is 1. The van der Waals surface area contributed by atoms with Crippen LogP contribution in [0.5, 0.6) is 0 Å². The van der Waals surface area contributed by atoms with Gasteiger partial charge in [-0.2, -0.15) is 0 Å². The summed E-state index contributed by atoms with van der Waals surface area (Å²) in [5, 5.41) is 7.11. The fourth-order valence-electron chi connectivity index (χ4n) is 2.45. The summed E-state index contributed by atoms with van der Waals surface area (Å²) in [6.45, 7) is 4.79. The number of benzene rings is 1. The van der Waals surface area contributed by atoms with E-state index in [4.69, 9.17) is 5.73 Å². The zero-order valence-corrected chi connectivity index (χ0v) is 18.8. The molecule has 3 rings (SSSR count). The Hall–Kier alpha value is -1.75. The summed E-state index contributed by atoms with van der Waals surface area (Å²) in [6, 6.07) is 7.44. The molecule has 0 spiro atoms. The van der Waals surface area contributed by atoms with Gasteiger partial charge in [-0.05, 0) is 49.8 Å². The van der Waals surface area contributed by atoms with Crippen LogP contribution in [0.4, 0.5) is 10.8 Å². The zero-order valence-electron chi connectivity index (χ0n) is 15.6. The number of nitrogens with one attached hydrogen (secondary N) is 2. The normalized spacial score (nSPS) is 11.5. The molecule has 28 heavy (non-hydrogen) atoms. The van der Waals surface area contributed by atoms with Gasteiger partial charge in [0, 0.05) is 21.7 Å². The number of thiazole rings is 1. The minimum atomic E-state index is -0.254. The smallest absolute Gasteiger partial charge is 0.267 e. The Kier molecular flexibility index (Phi) is 6.54. The lowest BCUT2D eigenvalue weighted by Gasteiger charge is -2.22. The molecule has 0 atom stereocenters. The van der Waals surface area contributed by atoms with E-state index in [1.807, 2.05) is 30.5 Å². The number of aromatic nitrogens is 1. The standard InChI is InChI=1S/C18H20N4O2S4/c1-18(2,28-25-3)9-21-15(23)13-7-10-6-11(4-5-12(10)26-13)22-16(24)14-8-20-17(19)27-14/h4-8H,9H2,1-3H3,(H2,19,20)(H,21,23)(H,22,24). The molecule has 0 saturated carbocycles. The summed E-state index contributed by atoms with van der Waals surface area (Å²) in [6.07, 6.45) is 3.48. The summed E-state index contributed by atoms with van der Waals surface area (Å²) in [4.78, 5) is 29.8. The van der Waals surface area contributed by atoms with Crippen LogP contribution in [0.1, 0.15) is 33.2 Å². The summed E-state index contributed by atoms with van der Waals surface area (Å²) in [5.41, 5.74) is 6.23. The molecular weight excluding hydrogens is 432 g/mol. The molecule has 0 radical (unpaired) electrons. The van der Waals surface area contributed by atoms with Gasteiger partial charge in [0.2, 0.25) is 0 Å². The van der Waals surface area contributed by atoms with Crippen molar-refractivity contribution in [2.75, 3.05) is 23.9 Å². The number of carbonyl (C=O) groups excluding carboxylic acids is 2. The number of nitrogens with zero attached hydrogens (tertiary/aromatic N) is 1. The number of anilines is 2. The lowest BCUT2D eigenvalue weighted by atomic mass is 10.2. The SMILES string of the molecule is CSSC(C)(C)CNC(=O)c1cc2cc(NC(=O)c3cnc(N)s3)ccc2s1. The molecule has 1 aromatic carbocycles. The minimum Gasteiger partial charge on any atom is -0.375 e. The molecule has 0 aliphatic rings. The first-order chi connectivity index (χ1) is 13.3. The van der Waals surface area contributed by atoms with Crippen molar-refractivity contribution in [3.05, 3.63) is 40.2 Å². The highest BCUT2D eigenvalue weighted by Crippen LogP contribution is 2.33. The number of rotatable bonds is 7. The van der Waals surface area contributed by atoms with Crippen LogP contribution in [-0.4, -0.2) is 34.3 Å². The van der Waals surface area contributed by atoms with Crippen molar-refractivity contribution in [1.29, 1.82) is 0 Å². The molecule has 6 nitrogen and oxygen atoms in total. The Morgan fingerprint density at radius 2 is 1.96 bits per heavy atom. The molecule has 0 bridgehead atoms. The van der Waals surface area contributed by atoms with Crippen molar-refractivity contribution in [1.82, 2.24) is 10.3 Å². The highest BCUT2D eigenvalue weighted by molar-refractivity contribution is 8.76. The van der Waals surface area contributed by atoms with Gasteiger partial charge >= 0.3 is 0 Å². The summed E-state index contributed by atoms with van der Waals surface area (Å²) in [5.74, 6) is -0.336. The first kappa shape index (κ1) is 21.0. The van der Waals surface area contributed by atoms with Gasteiger partial charge in [-0.25, -0.2) is 4.98 Å². The molecule has 148 valence electrons. The van der Waals surface area contributed by atoms with Crippen LogP contribution in [0.2, 0.25) is 0 Å². The van der Waals surface area contributed by atoms with Gasteiger partial charge in [-0.3, -0.25) is 9.59 Å².